The van der Waals surface area contributed by atoms with Crippen molar-refractivity contribution in [3.8, 4) is 0 Å². The number of aromatic nitrogens is 3. The fourth-order valence-electron chi connectivity index (χ4n) is 3.27. The Morgan fingerprint density at radius 2 is 1.73 bits per heavy atom. The first-order valence-corrected chi connectivity index (χ1v) is 9.62. The van der Waals surface area contributed by atoms with E-state index in [1.54, 1.807) is 12.4 Å². The first-order valence-electron chi connectivity index (χ1n) is 8.83. The highest BCUT2D eigenvalue weighted by molar-refractivity contribution is 9.10. The normalized spacial score (nSPS) is 15.3. The summed E-state index contributed by atoms with van der Waals surface area (Å²) in [7, 11) is 0. The summed E-state index contributed by atoms with van der Waals surface area (Å²) < 4.78 is 1.03. The second-order valence-corrected chi connectivity index (χ2v) is 7.15. The van der Waals surface area contributed by atoms with Gasteiger partial charge in [-0.3, -0.25) is 9.88 Å². The Kier molecular flexibility index (Phi) is 5.26. The molecule has 2 aromatic heterocycles. The summed E-state index contributed by atoms with van der Waals surface area (Å²) in [5, 5.41) is 4.71. The van der Waals surface area contributed by atoms with E-state index in [0.29, 0.717) is 0 Å². The zero-order chi connectivity index (χ0) is 17.8. The van der Waals surface area contributed by atoms with Gasteiger partial charge in [0.2, 0.25) is 5.95 Å². The van der Waals surface area contributed by atoms with E-state index >= 15 is 0 Å². The highest BCUT2D eigenvalue weighted by Gasteiger charge is 2.18. The molecule has 26 heavy (non-hydrogen) atoms. The number of piperazine rings is 1. The first kappa shape index (κ1) is 17.2. The molecule has 0 spiro atoms. The first-order chi connectivity index (χ1) is 12.8. The van der Waals surface area contributed by atoms with Crippen molar-refractivity contribution in [3.63, 3.8) is 0 Å². The summed E-state index contributed by atoms with van der Waals surface area (Å²) in [6, 6.07) is 10.1. The van der Waals surface area contributed by atoms with Crippen LogP contribution in [0.2, 0.25) is 0 Å². The average Bonchev–Trinajstić information content (AvgIpc) is 2.70. The van der Waals surface area contributed by atoms with E-state index in [4.69, 9.17) is 0 Å². The Labute approximate surface area is 161 Å². The van der Waals surface area contributed by atoms with Gasteiger partial charge >= 0.3 is 0 Å². The topological polar surface area (TPSA) is 57.2 Å². The second-order valence-electron chi connectivity index (χ2n) is 6.30. The van der Waals surface area contributed by atoms with Gasteiger partial charge in [0.15, 0.2) is 0 Å². The highest BCUT2D eigenvalue weighted by Crippen LogP contribution is 2.27. The predicted octanol–water partition coefficient (Wildman–Crippen LogP) is 3.02. The molecule has 0 bridgehead atoms. The Morgan fingerprint density at radius 1 is 0.923 bits per heavy atom. The molecule has 4 rings (SSSR count). The van der Waals surface area contributed by atoms with Crippen LogP contribution in [-0.4, -0.2) is 59.1 Å². The molecule has 1 aliphatic rings. The molecule has 0 aliphatic carbocycles. The monoisotopic (exact) mass is 412 g/mol. The Bertz CT molecular complexity index is 864. The highest BCUT2D eigenvalue weighted by atomic mass is 79.9. The number of nitrogens with zero attached hydrogens (tertiary/aromatic N) is 5. The second kappa shape index (κ2) is 7.97. The number of hydrogen-bond donors (Lipinski definition) is 1. The van der Waals surface area contributed by atoms with Crippen LogP contribution in [0.15, 0.2) is 53.4 Å². The van der Waals surface area contributed by atoms with Crippen molar-refractivity contribution in [2.45, 2.75) is 0 Å². The Morgan fingerprint density at radius 3 is 2.54 bits per heavy atom. The average molecular weight is 413 g/mol. The van der Waals surface area contributed by atoms with Gasteiger partial charge in [-0.25, -0.2) is 9.97 Å². The fraction of sp³-hybridized carbons (Fsp3) is 0.316. The van der Waals surface area contributed by atoms with Crippen LogP contribution >= 0.6 is 15.9 Å². The van der Waals surface area contributed by atoms with Crippen molar-refractivity contribution in [1.29, 1.82) is 0 Å². The smallest absolute Gasteiger partial charge is 0.225 e. The summed E-state index contributed by atoms with van der Waals surface area (Å²) in [6.07, 6.45) is 5.46. The third-order valence-corrected chi connectivity index (χ3v) is 5.31. The van der Waals surface area contributed by atoms with Gasteiger partial charge in [0.1, 0.15) is 0 Å². The Hall–Kier alpha value is -2.25. The predicted molar refractivity (Wildman–Crippen MR) is 109 cm³/mol. The van der Waals surface area contributed by atoms with E-state index in [1.165, 1.54) is 0 Å². The lowest BCUT2D eigenvalue weighted by atomic mass is 10.2. The standard InChI is InChI=1S/C19H21BrN6/c20-16-4-1-3-15-17(5-8-22-18(15)16)21-9-10-25-11-13-26(14-12-25)19-23-6-2-7-24-19/h1-8H,9-14H2,(H,21,22). The van der Waals surface area contributed by atoms with E-state index in [1.807, 2.05) is 30.5 Å². The Balaban J connectivity index is 1.30. The van der Waals surface area contributed by atoms with Gasteiger partial charge in [-0.1, -0.05) is 12.1 Å². The lowest BCUT2D eigenvalue weighted by molar-refractivity contribution is 0.266. The molecule has 1 N–H and O–H groups in total. The molecule has 0 saturated carbocycles. The van der Waals surface area contributed by atoms with Gasteiger partial charge in [-0.05, 0) is 34.1 Å². The molecular weight excluding hydrogens is 392 g/mol. The van der Waals surface area contributed by atoms with Gasteiger partial charge < -0.3 is 10.2 Å². The van der Waals surface area contributed by atoms with E-state index in [0.717, 1.165) is 66.3 Å². The quantitative estimate of drug-likeness (QED) is 0.694. The van der Waals surface area contributed by atoms with Crippen molar-refractivity contribution >= 4 is 38.5 Å². The lowest BCUT2D eigenvalue weighted by Gasteiger charge is -2.34. The summed E-state index contributed by atoms with van der Waals surface area (Å²) >= 11 is 3.57. The number of anilines is 2. The molecule has 0 radical (unpaired) electrons. The zero-order valence-electron chi connectivity index (χ0n) is 14.5. The number of hydrogen-bond acceptors (Lipinski definition) is 6. The van der Waals surface area contributed by atoms with Gasteiger partial charge in [0, 0.05) is 73.4 Å². The third-order valence-electron chi connectivity index (χ3n) is 4.67. The van der Waals surface area contributed by atoms with E-state index in [-0.39, 0.29) is 0 Å². The largest absolute Gasteiger partial charge is 0.383 e. The molecule has 6 nitrogen and oxygen atoms in total. The number of rotatable bonds is 5. The summed E-state index contributed by atoms with van der Waals surface area (Å²) in [5.74, 6) is 0.833. The van der Waals surface area contributed by atoms with Crippen molar-refractivity contribution in [1.82, 2.24) is 19.9 Å². The van der Waals surface area contributed by atoms with Crippen LogP contribution in [-0.2, 0) is 0 Å². The van der Waals surface area contributed by atoms with Crippen molar-refractivity contribution in [2.24, 2.45) is 0 Å². The molecule has 0 amide bonds. The summed E-state index contributed by atoms with van der Waals surface area (Å²) in [4.78, 5) is 17.9. The van der Waals surface area contributed by atoms with E-state index in [9.17, 15) is 0 Å². The molecule has 3 heterocycles. The van der Waals surface area contributed by atoms with Crippen LogP contribution < -0.4 is 10.2 Å². The minimum Gasteiger partial charge on any atom is -0.383 e. The van der Waals surface area contributed by atoms with Gasteiger partial charge in [-0.15, -0.1) is 0 Å². The maximum Gasteiger partial charge on any atom is 0.225 e. The minimum atomic E-state index is 0.833. The number of pyridine rings is 1. The molecule has 0 unspecified atom stereocenters. The van der Waals surface area contributed by atoms with Crippen molar-refractivity contribution in [3.05, 3.63) is 53.4 Å². The molecule has 1 saturated heterocycles. The molecule has 1 aliphatic heterocycles. The van der Waals surface area contributed by atoms with Crippen molar-refractivity contribution < 1.29 is 0 Å². The number of nitrogens with one attached hydrogen (secondary N) is 1. The van der Waals surface area contributed by atoms with Gasteiger partial charge in [0.05, 0.1) is 5.52 Å². The van der Waals surface area contributed by atoms with Crippen LogP contribution in [0.4, 0.5) is 11.6 Å². The minimum absolute atomic E-state index is 0.833. The molecular formula is C19H21BrN6. The van der Waals surface area contributed by atoms with E-state index in [2.05, 4.69) is 52.1 Å². The maximum absolute atomic E-state index is 4.46. The van der Waals surface area contributed by atoms with Crippen LogP contribution in [0.25, 0.3) is 10.9 Å². The number of benzene rings is 1. The maximum atomic E-state index is 4.46. The number of para-hydroxylation sites is 1. The molecule has 0 atom stereocenters. The van der Waals surface area contributed by atoms with E-state index < -0.39 is 0 Å². The SMILES string of the molecule is Brc1cccc2c(NCCN3CCN(c4ncccn4)CC3)ccnc12. The molecule has 134 valence electrons. The molecule has 1 fully saturated rings. The van der Waals surface area contributed by atoms with Crippen molar-refractivity contribution in [2.75, 3.05) is 49.5 Å². The molecule has 7 heteroatoms. The van der Waals surface area contributed by atoms with Crippen LogP contribution in [0, 0.1) is 0 Å². The van der Waals surface area contributed by atoms with Crippen LogP contribution in [0.1, 0.15) is 0 Å². The molecule has 3 aromatic rings. The van der Waals surface area contributed by atoms with Crippen LogP contribution in [0.3, 0.4) is 0 Å². The lowest BCUT2D eigenvalue weighted by Crippen LogP contribution is -2.48. The van der Waals surface area contributed by atoms with Gasteiger partial charge in [0.25, 0.3) is 0 Å². The summed E-state index contributed by atoms with van der Waals surface area (Å²) in [5.41, 5.74) is 2.13. The zero-order valence-corrected chi connectivity index (χ0v) is 16.1. The van der Waals surface area contributed by atoms with Crippen LogP contribution in [0.5, 0.6) is 0 Å². The number of halogens is 1. The summed E-state index contributed by atoms with van der Waals surface area (Å²) in [6.45, 7) is 5.92. The van der Waals surface area contributed by atoms with Gasteiger partial charge in [-0.2, -0.15) is 0 Å². The third kappa shape index (κ3) is 3.78. The molecule has 1 aromatic carbocycles. The number of fused-ring (bicyclic) bond motifs is 1. The fourth-order valence-corrected chi connectivity index (χ4v) is 3.74.